The van der Waals surface area contributed by atoms with Gasteiger partial charge in [0, 0.05) is 23.7 Å². The van der Waals surface area contributed by atoms with E-state index in [1.165, 1.54) is 0 Å². The van der Waals surface area contributed by atoms with Crippen molar-refractivity contribution in [1.82, 2.24) is 9.55 Å². The lowest BCUT2D eigenvalue weighted by atomic mass is 10.1. The molecule has 0 radical (unpaired) electrons. The maximum absolute atomic E-state index is 5.94. The Morgan fingerprint density at radius 3 is 2.64 bits per heavy atom. The van der Waals surface area contributed by atoms with E-state index in [1.54, 1.807) is 17.5 Å². The predicted octanol–water partition coefficient (Wildman–Crippen LogP) is 5.44. The highest BCUT2D eigenvalue weighted by atomic mass is 32.1. The average Bonchev–Trinajstić information content (AvgIpc) is 3.16. The van der Waals surface area contributed by atoms with E-state index < -0.39 is 0 Å². The molecule has 0 N–H and O–H groups in total. The van der Waals surface area contributed by atoms with Crippen LogP contribution in [0, 0.1) is 0 Å². The molecule has 0 aliphatic heterocycles. The number of ether oxygens (including phenoxy) is 1. The van der Waals surface area contributed by atoms with Crippen LogP contribution < -0.4 is 9.54 Å². The van der Waals surface area contributed by atoms with Gasteiger partial charge in [-0.1, -0.05) is 36.4 Å². The van der Waals surface area contributed by atoms with Crippen LogP contribution in [0.15, 0.2) is 89.4 Å². The zero-order valence-corrected chi connectivity index (χ0v) is 16.5. The second kappa shape index (κ2) is 8.67. The minimum absolute atomic E-state index is 0.455. The van der Waals surface area contributed by atoms with E-state index in [9.17, 15) is 0 Å². The van der Waals surface area contributed by atoms with E-state index >= 15 is 0 Å². The molecule has 0 bridgehead atoms. The Hall–Kier alpha value is -3.18. The molecule has 0 fully saturated rings. The molecule has 2 aromatic heterocycles. The zero-order valence-electron chi connectivity index (χ0n) is 15.7. The summed E-state index contributed by atoms with van der Waals surface area (Å²) in [6.07, 6.45) is 1.78. The van der Waals surface area contributed by atoms with Crippen LogP contribution >= 0.6 is 11.3 Å². The van der Waals surface area contributed by atoms with Crippen LogP contribution in [0.2, 0.25) is 0 Å². The Labute approximate surface area is 168 Å². The topological polar surface area (TPSA) is 39.4 Å². The smallest absolute Gasteiger partial charge is 0.190 e. The van der Waals surface area contributed by atoms with Crippen molar-refractivity contribution >= 4 is 17.0 Å². The predicted molar refractivity (Wildman–Crippen MR) is 114 cm³/mol. The Kier molecular flexibility index (Phi) is 5.64. The van der Waals surface area contributed by atoms with E-state index in [2.05, 4.69) is 34.0 Å². The molecule has 4 rings (SSSR count). The molecule has 2 aromatic carbocycles. The van der Waals surface area contributed by atoms with Gasteiger partial charge in [-0.15, -0.1) is 11.3 Å². The van der Waals surface area contributed by atoms with Gasteiger partial charge in [-0.05, 0) is 43.3 Å². The van der Waals surface area contributed by atoms with E-state index in [0.717, 1.165) is 39.7 Å². The summed E-state index contributed by atoms with van der Waals surface area (Å²) >= 11 is 1.65. The fourth-order valence-electron chi connectivity index (χ4n) is 2.95. The van der Waals surface area contributed by atoms with Crippen molar-refractivity contribution < 1.29 is 4.74 Å². The Morgan fingerprint density at radius 2 is 1.86 bits per heavy atom. The largest absolute Gasteiger partial charge is 0.487 e. The van der Waals surface area contributed by atoms with Crippen LogP contribution in [-0.4, -0.2) is 9.55 Å². The summed E-state index contributed by atoms with van der Waals surface area (Å²) in [6.45, 7) is 3.45. The Balaban J connectivity index is 1.62. The number of hydrogen-bond acceptors (Lipinski definition) is 4. The highest BCUT2D eigenvalue weighted by Gasteiger charge is 2.08. The first kappa shape index (κ1) is 18.2. The number of nitrogens with zero attached hydrogens (tertiary/aromatic N) is 3. The molecular formula is C23H21N3OS. The highest BCUT2D eigenvalue weighted by Crippen LogP contribution is 2.25. The summed E-state index contributed by atoms with van der Waals surface area (Å²) < 4.78 is 8.17. The van der Waals surface area contributed by atoms with Gasteiger partial charge >= 0.3 is 0 Å². The van der Waals surface area contributed by atoms with Gasteiger partial charge in [-0.3, -0.25) is 4.98 Å². The maximum atomic E-state index is 5.94. The summed E-state index contributed by atoms with van der Waals surface area (Å²) in [4.78, 5) is 10.1. The third kappa shape index (κ3) is 4.21. The summed E-state index contributed by atoms with van der Waals surface area (Å²) in [5.41, 5.74) is 4.14. The third-order valence-electron chi connectivity index (χ3n) is 4.34. The number of hydrogen-bond donors (Lipinski definition) is 0. The van der Waals surface area contributed by atoms with Crippen LogP contribution in [0.3, 0.4) is 0 Å². The quantitative estimate of drug-likeness (QED) is 0.442. The Morgan fingerprint density at radius 1 is 1.00 bits per heavy atom. The van der Waals surface area contributed by atoms with Gasteiger partial charge in [0.2, 0.25) is 0 Å². The first-order valence-corrected chi connectivity index (χ1v) is 10.1. The SMILES string of the molecule is CCn1c(-c2cccc(OCc3ccccn3)c2)csc1=Nc1ccccc1. The molecule has 0 atom stereocenters. The van der Waals surface area contributed by atoms with Crippen molar-refractivity contribution in [3.05, 3.63) is 94.9 Å². The number of pyridine rings is 1. The molecule has 4 aromatic rings. The molecule has 0 saturated carbocycles. The minimum atomic E-state index is 0.455. The van der Waals surface area contributed by atoms with Crippen molar-refractivity contribution in [2.24, 2.45) is 4.99 Å². The van der Waals surface area contributed by atoms with Crippen molar-refractivity contribution in [3.63, 3.8) is 0 Å². The standard InChI is InChI=1S/C23H21N3OS/c1-2-26-22(17-28-23(26)25-19-10-4-3-5-11-19)18-9-8-13-21(15-18)27-16-20-12-6-7-14-24-20/h3-15,17H,2,16H2,1H3. The molecule has 140 valence electrons. The average molecular weight is 388 g/mol. The summed E-state index contributed by atoms with van der Waals surface area (Å²) in [7, 11) is 0. The van der Waals surface area contributed by atoms with Crippen molar-refractivity contribution in [1.29, 1.82) is 0 Å². The van der Waals surface area contributed by atoms with E-state index in [0.29, 0.717) is 6.61 Å². The number of rotatable bonds is 6. The van der Waals surface area contributed by atoms with Gasteiger partial charge in [0.05, 0.1) is 17.1 Å². The molecular weight excluding hydrogens is 366 g/mol. The summed E-state index contributed by atoms with van der Waals surface area (Å²) in [5.74, 6) is 0.832. The van der Waals surface area contributed by atoms with Gasteiger partial charge < -0.3 is 9.30 Å². The molecule has 0 unspecified atom stereocenters. The van der Waals surface area contributed by atoms with Crippen LogP contribution in [0.5, 0.6) is 5.75 Å². The molecule has 0 aliphatic carbocycles. The van der Waals surface area contributed by atoms with Crippen LogP contribution in [0.4, 0.5) is 5.69 Å². The third-order valence-corrected chi connectivity index (χ3v) is 5.20. The second-order valence-corrected chi connectivity index (χ2v) is 7.07. The lowest BCUT2D eigenvalue weighted by Gasteiger charge is -2.09. The summed E-state index contributed by atoms with van der Waals surface area (Å²) in [5, 5.41) is 2.16. The molecule has 2 heterocycles. The number of thiazole rings is 1. The van der Waals surface area contributed by atoms with Crippen LogP contribution in [0.25, 0.3) is 11.3 Å². The van der Waals surface area contributed by atoms with Crippen LogP contribution in [0.1, 0.15) is 12.6 Å². The fourth-order valence-corrected chi connectivity index (χ4v) is 3.95. The van der Waals surface area contributed by atoms with E-state index in [4.69, 9.17) is 9.73 Å². The highest BCUT2D eigenvalue weighted by molar-refractivity contribution is 7.07. The normalized spacial score (nSPS) is 11.5. The van der Waals surface area contributed by atoms with Gasteiger partial charge in [0.15, 0.2) is 4.80 Å². The fraction of sp³-hybridized carbons (Fsp3) is 0.130. The number of benzene rings is 2. The molecule has 5 heteroatoms. The maximum Gasteiger partial charge on any atom is 0.190 e. The second-order valence-electron chi connectivity index (χ2n) is 6.23. The Bertz CT molecular complexity index is 1100. The first-order valence-electron chi connectivity index (χ1n) is 9.25. The molecule has 28 heavy (non-hydrogen) atoms. The minimum Gasteiger partial charge on any atom is -0.487 e. The lowest BCUT2D eigenvalue weighted by Crippen LogP contribution is -2.14. The van der Waals surface area contributed by atoms with Gasteiger partial charge in [-0.2, -0.15) is 0 Å². The number of para-hydroxylation sites is 1. The zero-order chi connectivity index (χ0) is 19.2. The molecule has 0 amide bonds. The molecule has 0 saturated heterocycles. The first-order chi connectivity index (χ1) is 13.8. The van der Waals surface area contributed by atoms with Crippen molar-refractivity contribution in [2.45, 2.75) is 20.1 Å². The lowest BCUT2D eigenvalue weighted by molar-refractivity contribution is 0.301. The van der Waals surface area contributed by atoms with Gasteiger partial charge in [0.25, 0.3) is 0 Å². The molecule has 0 spiro atoms. The van der Waals surface area contributed by atoms with Crippen LogP contribution in [-0.2, 0) is 13.2 Å². The summed E-state index contributed by atoms with van der Waals surface area (Å²) in [6, 6.07) is 24.1. The van der Waals surface area contributed by atoms with Crippen molar-refractivity contribution in [3.8, 4) is 17.0 Å². The van der Waals surface area contributed by atoms with Gasteiger partial charge in [-0.25, -0.2) is 4.99 Å². The monoisotopic (exact) mass is 387 g/mol. The van der Waals surface area contributed by atoms with E-state index in [1.807, 2.05) is 60.7 Å². The van der Waals surface area contributed by atoms with Gasteiger partial charge in [0.1, 0.15) is 12.4 Å². The van der Waals surface area contributed by atoms with E-state index in [-0.39, 0.29) is 0 Å². The number of aromatic nitrogens is 2. The van der Waals surface area contributed by atoms with Crippen molar-refractivity contribution in [2.75, 3.05) is 0 Å². The molecule has 0 aliphatic rings. The molecule has 4 nitrogen and oxygen atoms in total.